The smallest absolute Gasteiger partial charge is 0.261 e. The van der Waals surface area contributed by atoms with Crippen molar-refractivity contribution in [3.8, 4) is 0 Å². The van der Waals surface area contributed by atoms with Crippen LogP contribution in [0.4, 0.5) is 11.4 Å². The first-order valence-corrected chi connectivity index (χ1v) is 13.1. The Hall–Kier alpha value is -1.71. The zero-order chi connectivity index (χ0) is 22.4. The third kappa shape index (κ3) is 6.63. The minimum atomic E-state index is -3.86. The highest BCUT2D eigenvalue weighted by atomic mass is 79.9. The largest absolute Gasteiger partial charge is 0.325 e. The molecule has 0 saturated heterocycles. The SMILES string of the molecule is O=C(CSCc1ccccc1Br)Nc1ccc(S(=O)(=O)Nc2cccc(Cl)c2Cl)cc1. The molecule has 0 bridgehead atoms. The van der Waals surface area contributed by atoms with Crippen LogP contribution in [0.2, 0.25) is 10.0 Å². The predicted octanol–water partition coefficient (Wildman–Crippen LogP) is 6.43. The molecule has 3 aromatic carbocycles. The molecule has 0 heterocycles. The highest BCUT2D eigenvalue weighted by Crippen LogP contribution is 2.31. The van der Waals surface area contributed by atoms with Gasteiger partial charge in [0, 0.05) is 15.9 Å². The van der Waals surface area contributed by atoms with Crippen molar-refractivity contribution in [3.63, 3.8) is 0 Å². The summed E-state index contributed by atoms with van der Waals surface area (Å²) in [5.74, 6) is 0.802. The molecule has 0 spiro atoms. The van der Waals surface area contributed by atoms with Gasteiger partial charge in [0.1, 0.15) is 0 Å². The quantitative estimate of drug-likeness (QED) is 0.333. The van der Waals surface area contributed by atoms with Gasteiger partial charge < -0.3 is 5.32 Å². The van der Waals surface area contributed by atoms with E-state index in [4.69, 9.17) is 23.2 Å². The third-order valence-electron chi connectivity index (χ3n) is 4.09. The Kier molecular flexibility index (Phi) is 8.30. The van der Waals surface area contributed by atoms with Crippen LogP contribution in [0.3, 0.4) is 0 Å². The van der Waals surface area contributed by atoms with Gasteiger partial charge in [-0.1, -0.05) is 63.4 Å². The summed E-state index contributed by atoms with van der Waals surface area (Å²) in [7, 11) is -3.86. The topological polar surface area (TPSA) is 75.3 Å². The van der Waals surface area contributed by atoms with Crippen molar-refractivity contribution in [1.29, 1.82) is 0 Å². The van der Waals surface area contributed by atoms with Crippen LogP contribution in [0.5, 0.6) is 0 Å². The molecule has 0 aliphatic rings. The normalized spacial score (nSPS) is 11.2. The Morgan fingerprint density at radius 2 is 1.68 bits per heavy atom. The summed E-state index contributed by atoms with van der Waals surface area (Å²) >= 11 is 16.9. The highest BCUT2D eigenvalue weighted by molar-refractivity contribution is 9.10. The van der Waals surface area contributed by atoms with Crippen molar-refractivity contribution >= 4 is 78.2 Å². The molecule has 1 amide bonds. The maximum absolute atomic E-state index is 12.6. The number of carbonyl (C=O) groups is 1. The van der Waals surface area contributed by atoms with E-state index in [2.05, 4.69) is 26.0 Å². The first kappa shape index (κ1) is 23.9. The first-order valence-electron chi connectivity index (χ1n) is 8.94. The molecule has 0 aromatic heterocycles. The number of hydrogen-bond acceptors (Lipinski definition) is 4. The van der Waals surface area contributed by atoms with E-state index in [0.29, 0.717) is 11.4 Å². The summed E-state index contributed by atoms with van der Waals surface area (Å²) in [6.07, 6.45) is 0. The molecule has 0 aliphatic carbocycles. The number of rotatable bonds is 8. The molecule has 0 radical (unpaired) electrons. The number of hydrogen-bond donors (Lipinski definition) is 2. The lowest BCUT2D eigenvalue weighted by molar-refractivity contribution is -0.113. The molecule has 0 saturated carbocycles. The molecule has 0 fully saturated rings. The average Bonchev–Trinajstić information content (AvgIpc) is 2.73. The number of carbonyl (C=O) groups excluding carboxylic acids is 1. The molecule has 162 valence electrons. The first-order chi connectivity index (χ1) is 14.8. The van der Waals surface area contributed by atoms with Crippen LogP contribution < -0.4 is 10.0 Å². The van der Waals surface area contributed by atoms with E-state index in [1.807, 2.05) is 24.3 Å². The molecular formula is C21H17BrCl2N2O3S2. The Morgan fingerprint density at radius 3 is 2.39 bits per heavy atom. The Labute approximate surface area is 203 Å². The standard InChI is InChI=1S/C21H17BrCl2N2O3S2/c22-17-5-2-1-4-14(17)12-30-13-20(27)25-15-8-10-16(11-9-15)31(28,29)26-19-7-3-6-18(23)21(19)24/h1-11,26H,12-13H2,(H,25,27). The molecular weight excluding hydrogens is 543 g/mol. The van der Waals surface area contributed by atoms with Gasteiger partial charge >= 0.3 is 0 Å². The number of thioether (sulfide) groups is 1. The van der Waals surface area contributed by atoms with Gasteiger partial charge in [0.15, 0.2) is 0 Å². The molecule has 0 aliphatic heterocycles. The van der Waals surface area contributed by atoms with Crippen molar-refractivity contribution in [2.45, 2.75) is 10.6 Å². The summed E-state index contributed by atoms with van der Waals surface area (Å²) in [6, 6.07) is 18.4. The molecule has 2 N–H and O–H groups in total. The lowest BCUT2D eigenvalue weighted by Crippen LogP contribution is -2.15. The van der Waals surface area contributed by atoms with E-state index in [-0.39, 0.29) is 32.3 Å². The van der Waals surface area contributed by atoms with Crippen molar-refractivity contribution in [2.24, 2.45) is 0 Å². The van der Waals surface area contributed by atoms with E-state index in [1.54, 1.807) is 12.1 Å². The van der Waals surface area contributed by atoms with Gasteiger partial charge in [-0.3, -0.25) is 9.52 Å². The van der Waals surface area contributed by atoms with Gasteiger partial charge in [0.2, 0.25) is 5.91 Å². The highest BCUT2D eigenvalue weighted by Gasteiger charge is 2.17. The van der Waals surface area contributed by atoms with Gasteiger partial charge in [0.25, 0.3) is 10.0 Å². The van der Waals surface area contributed by atoms with Crippen LogP contribution in [-0.4, -0.2) is 20.1 Å². The molecule has 31 heavy (non-hydrogen) atoms. The average molecular weight is 560 g/mol. The predicted molar refractivity (Wildman–Crippen MR) is 133 cm³/mol. The summed E-state index contributed by atoms with van der Waals surface area (Å²) in [6.45, 7) is 0. The molecule has 0 unspecified atom stereocenters. The fraction of sp³-hybridized carbons (Fsp3) is 0.0952. The van der Waals surface area contributed by atoms with Crippen LogP contribution in [0.15, 0.2) is 76.1 Å². The molecule has 3 rings (SSSR count). The number of anilines is 2. The van der Waals surface area contributed by atoms with Crippen LogP contribution in [0, 0.1) is 0 Å². The summed E-state index contributed by atoms with van der Waals surface area (Å²) in [5, 5.41) is 3.13. The minimum Gasteiger partial charge on any atom is -0.325 e. The monoisotopic (exact) mass is 558 g/mol. The maximum Gasteiger partial charge on any atom is 0.261 e. The van der Waals surface area contributed by atoms with E-state index >= 15 is 0 Å². The van der Waals surface area contributed by atoms with Gasteiger partial charge in [-0.25, -0.2) is 8.42 Å². The van der Waals surface area contributed by atoms with Crippen molar-refractivity contribution in [2.75, 3.05) is 15.8 Å². The Bertz CT molecular complexity index is 1190. The van der Waals surface area contributed by atoms with E-state index < -0.39 is 10.0 Å². The van der Waals surface area contributed by atoms with Crippen molar-refractivity contribution in [3.05, 3.63) is 86.8 Å². The number of benzene rings is 3. The van der Waals surface area contributed by atoms with Crippen LogP contribution in [0.1, 0.15) is 5.56 Å². The summed E-state index contributed by atoms with van der Waals surface area (Å²) in [4.78, 5) is 12.2. The Morgan fingerprint density at radius 1 is 0.968 bits per heavy atom. The summed E-state index contributed by atoms with van der Waals surface area (Å²) in [5.41, 5.74) is 1.81. The van der Waals surface area contributed by atoms with Crippen molar-refractivity contribution in [1.82, 2.24) is 0 Å². The number of sulfonamides is 1. The van der Waals surface area contributed by atoms with Crippen LogP contribution >= 0.6 is 50.9 Å². The lowest BCUT2D eigenvalue weighted by atomic mass is 10.2. The minimum absolute atomic E-state index is 0.0323. The van der Waals surface area contributed by atoms with Crippen LogP contribution in [0.25, 0.3) is 0 Å². The van der Waals surface area contributed by atoms with E-state index in [1.165, 1.54) is 42.1 Å². The van der Waals surface area contributed by atoms with E-state index in [9.17, 15) is 13.2 Å². The Balaban J connectivity index is 1.57. The number of amides is 1. The maximum atomic E-state index is 12.6. The van der Waals surface area contributed by atoms with Gasteiger partial charge in [-0.05, 0) is 48.0 Å². The van der Waals surface area contributed by atoms with Gasteiger partial charge in [-0.2, -0.15) is 0 Å². The molecule has 3 aromatic rings. The number of halogens is 3. The molecule has 0 atom stereocenters. The van der Waals surface area contributed by atoms with Gasteiger partial charge in [-0.15, -0.1) is 11.8 Å². The second-order valence-electron chi connectivity index (χ2n) is 6.36. The zero-order valence-corrected chi connectivity index (χ0v) is 20.7. The second-order valence-corrected chi connectivity index (χ2v) is 10.7. The van der Waals surface area contributed by atoms with Crippen molar-refractivity contribution < 1.29 is 13.2 Å². The molecule has 5 nitrogen and oxygen atoms in total. The fourth-order valence-corrected chi connectivity index (χ4v) is 5.49. The third-order valence-corrected chi connectivity index (χ3v) is 8.05. The van der Waals surface area contributed by atoms with E-state index in [0.717, 1.165) is 10.0 Å². The second kappa shape index (κ2) is 10.7. The zero-order valence-electron chi connectivity index (χ0n) is 15.9. The molecule has 10 heteroatoms. The summed E-state index contributed by atoms with van der Waals surface area (Å²) < 4.78 is 28.6. The lowest BCUT2D eigenvalue weighted by Gasteiger charge is -2.11. The van der Waals surface area contributed by atoms with Crippen LogP contribution in [-0.2, 0) is 20.6 Å². The number of nitrogens with one attached hydrogen (secondary N) is 2. The van der Waals surface area contributed by atoms with Gasteiger partial charge in [0.05, 0.1) is 26.4 Å². The fourth-order valence-electron chi connectivity index (χ4n) is 2.57.